The average Bonchev–Trinajstić information content (AvgIpc) is 3.11. The van der Waals surface area contributed by atoms with Crippen LogP contribution in [0, 0.1) is 11.3 Å². The van der Waals surface area contributed by atoms with E-state index in [0.29, 0.717) is 5.92 Å². The zero-order valence-electron chi connectivity index (χ0n) is 13.1. The smallest absolute Gasteiger partial charge is 0.0229 e. The third kappa shape index (κ3) is 7.21. The second-order valence-corrected chi connectivity index (χ2v) is 9.29. The van der Waals surface area contributed by atoms with E-state index in [1.165, 1.54) is 37.2 Å². The van der Waals surface area contributed by atoms with Crippen molar-refractivity contribution in [3.05, 3.63) is 49.4 Å². The lowest BCUT2D eigenvalue weighted by atomic mass is 9.66. The highest BCUT2D eigenvalue weighted by molar-refractivity contribution is 8.78. The number of thioether (sulfide) groups is 1. The molecule has 1 saturated carbocycles. The first kappa shape index (κ1) is 19.1. The third-order valence-electron chi connectivity index (χ3n) is 3.99. The standard InChI is InChI=1S/C12H18.C3H4S2.C3H6S/c1-4-11-9-7-8-10-12(11,5-2)6-3;1-2-4-5-3-1;1-3-2-4-3/h4-6,11H,1-3,7-10H2;1-2H,3H2;3H,2H2,1H3. The van der Waals surface area contributed by atoms with Crippen LogP contribution >= 0.6 is 33.3 Å². The van der Waals surface area contributed by atoms with E-state index in [9.17, 15) is 0 Å². The monoisotopic (exact) mass is 340 g/mol. The zero-order valence-corrected chi connectivity index (χ0v) is 15.6. The Kier molecular flexibility index (Phi) is 9.70. The maximum Gasteiger partial charge on any atom is 0.0229 e. The Hall–Kier alpha value is 0.01000. The van der Waals surface area contributed by atoms with Crippen LogP contribution in [0.5, 0.6) is 0 Å². The van der Waals surface area contributed by atoms with Crippen LogP contribution in [0.15, 0.2) is 49.4 Å². The Balaban J connectivity index is 0.000000198. The Bertz CT molecular complexity index is 341. The van der Waals surface area contributed by atoms with Gasteiger partial charge in [0.15, 0.2) is 0 Å². The van der Waals surface area contributed by atoms with E-state index in [1.807, 2.05) is 45.5 Å². The largest absolute Gasteiger partial charge is 0.157 e. The van der Waals surface area contributed by atoms with Crippen LogP contribution < -0.4 is 0 Å². The first-order valence-electron chi connectivity index (χ1n) is 7.63. The molecule has 118 valence electrons. The summed E-state index contributed by atoms with van der Waals surface area (Å²) in [7, 11) is 3.69. The second kappa shape index (κ2) is 10.7. The van der Waals surface area contributed by atoms with E-state index in [-0.39, 0.29) is 5.41 Å². The lowest BCUT2D eigenvalue weighted by molar-refractivity contribution is 0.252. The fourth-order valence-electron chi connectivity index (χ4n) is 2.47. The molecule has 0 amide bonds. The van der Waals surface area contributed by atoms with E-state index < -0.39 is 0 Å². The molecule has 3 rings (SSSR count). The minimum Gasteiger partial charge on any atom is -0.157 e. The summed E-state index contributed by atoms with van der Waals surface area (Å²) in [5, 5.41) is 3.12. The fourth-order valence-corrected chi connectivity index (χ4v) is 4.23. The van der Waals surface area contributed by atoms with Crippen molar-refractivity contribution >= 4 is 33.3 Å². The lowest BCUT2D eigenvalue weighted by Gasteiger charge is -2.38. The highest BCUT2D eigenvalue weighted by atomic mass is 33.1. The van der Waals surface area contributed by atoms with Crippen LogP contribution in [0.3, 0.4) is 0 Å². The van der Waals surface area contributed by atoms with Gasteiger partial charge in [0.25, 0.3) is 0 Å². The van der Waals surface area contributed by atoms with Gasteiger partial charge in [-0.05, 0) is 24.2 Å². The number of rotatable bonds is 3. The first-order valence-corrected chi connectivity index (χ1v) is 11.1. The van der Waals surface area contributed by atoms with Crippen molar-refractivity contribution in [2.45, 2.75) is 37.9 Å². The van der Waals surface area contributed by atoms with E-state index in [1.54, 1.807) is 0 Å². The molecule has 2 aliphatic heterocycles. The van der Waals surface area contributed by atoms with E-state index in [0.717, 1.165) is 5.25 Å². The maximum atomic E-state index is 3.91. The van der Waals surface area contributed by atoms with Gasteiger partial charge in [-0.25, -0.2) is 0 Å². The molecule has 2 fully saturated rings. The second-order valence-electron chi connectivity index (χ2n) is 5.51. The van der Waals surface area contributed by atoms with Gasteiger partial charge in [-0.1, -0.05) is 65.7 Å². The Morgan fingerprint density at radius 2 is 1.86 bits per heavy atom. The molecule has 21 heavy (non-hydrogen) atoms. The summed E-state index contributed by atoms with van der Waals surface area (Å²) in [6, 6.07) is 0. The summed E-state index contributed by atoms with van der Waals surface area (Å²) in [5.74, 6) is 3.16. The molecule has 0 aromatic carbocycles. The molecule has 1 aliphatic carbocycles. The molecule has 2 unspecified atom stereocenters. The van der Waals surface area contributed by atoms with Crippen LogP contribution in [0.1, 0.15) is 32.6 Å². The minimum absolute atomic E-state index is 0.139. The molecule has 3 aliphatic rings. The van der Waals surface area contributed by atoms with E-state index in [4.69, 9.17) is 0 Å². The van der Waals surface area contributed by atoms with E-state index in [2.05, 4.69) is 44.2 Å². The van der Waals surface area contributed by atoms with Gasteiger partial charge in [0, 0.05) is 22.2 Å². The zero-order chi connectivity index (χ0) is 15.6. The van der Waals surface area contributed by atoms with Crippen LogP contribution in [0.25, 0.3) is 0 Å². The molecule has 3 heteroatoms. The van der Waals surface area contributed by atoms with Crippen molar-refractivity contribution in [2.24, 2.45) is 11.3 Å². The van der Waals surface area contributed by atoms with Crippen molar-refractivity contribution < 1.29 is 0 Å². The Labute approximate surface area is 143 Å². The van der Waals surface area contributed by atoms with Gasteiger partial charge in [0.2, 0.25) is 0 Å². The summed E-state index contributed by atoms with van der Waals surface area (Å²) in [5.41, 5.74) is 0.139. The number of allylic oxidation sites excluding steroid dienone is 3. The van der Waals surface area contributed by atoms with E-state index >= 15 is 0 Å². The minimum atomic E-state index is 0.139. The van der Waals surface area contributed by atoms with Crippen molar-refractivity contribution in [2.75, 3.05) is 11.5 Å². The molecular weight excluding hydrogens is 312 g/mol. The maximum absolute atomic E-state index is 3.91. The van der Waals surface area contributed by atoms with Crippen molar-refractivity contribution in [3.8, 4) is 0 Å². The van der Waals surface area contributed by atoms with Gasteiger partial charge in [0.05, 0.1) is 0 Å². The highest BCUT2D eigenvalue weighted by Crippen LogP contribution is 2.43. The molecule has 1 saturated heterocycles. The summed E-state index contributed by atoms with van der Waals surface area (Å²) in [6.07, 6.45) is 13.4. The molecular formula is C18H28S3. The molecule has 0 bridgehead atoms. The van der Waals surface area contributed by atoms with Gasteiger partial charge < -0.3 is 0 Å². The third-order valence-corrected chi connectivity index (χ3v) is 6.91. The van der Waals surface area contributed by atoms with Gasteiger partial charge in [-0.15, -0.1) is 19.7 Å². The van der Waals surface area contributed by atoms with Gasteiger partial charge in [-0.3, -0.25) is 0 Å². The summed E-state index contributed by atoms with van der Waals surface area (Å²) in [6.45, 7) is 13.9. The molecule has 0 spiro atoms. The average molecular weight is 341 g/mol. The summed E-state index contributed by atoms with van der Waals surface area (Å²) < 4.78 is 0. The molecule has 0 radical (unpaired) electrons. The lowest BCUT2D eigenvalue weighted by Crippen LogP contribution is -2.28. The highest BCUT2D eigenvalue weighted by Gasteiger charge is 2.33. The first-order chi connectivity index (χ1) is 10.2. The molecule has 0 nitrogen and oxygen atoms in total. The van der Waals surface area contributed by atoms with Crippen LogP contribution in [0.2, 0.25) is 0 Å². The number of hydrogen-bond donors (Lipinski definition) is 0. The quantitative estimate of drug-likeness (QED) is 0.317. The van der Waals surface area contributed by atoms with Crippen LogP contribution in [-0.2, 0) is 0 Å². The normalized spacial score (nSPS) is 28.2. The summed E-state index contributed by atoms with van der Waals surface area (Å²) >= 11 is 2.02. The predicted molar refractivity (Wildman–Crippen MR) is 106 cm³/mol. The van der Waals surface area contributed by atoms with Crippen LogP contribution in [0.4, 0.5) is 0 Å². The Morgan fingerprint density at radius 1 is 1.19 bits per heavy atom. The number of hydrogen-bond acceptors (Lipinski definition) is 3. The van der Waals surface area contributed by atoms with Gasteiger partial charge in [0.1, 0.15) is 0 Å². The molecule has 2 atom stereocenters. The fraction of sp³-hybridized carbons (Fsp3) is 0.556. The molecule has 0 N–H and O–H groups in total. The summed E-state index contributed by atoms with van der Waals surface area (Å²) in [4.78, 5) is 0. The van der Waals surface area contributed by atoms with Crippen molar-refractivity contribution in [1.29, 1.82) is 0 Å². The topological polar surface area (TPSA) is 0 Å². The molecule has 0 aromatic heterocycles. The molecule has 2 heterocycles. The Morgan fingerprint density at radius 3 is 2.14 bits per heavy atom. The molecule has 0 aromatic rings. The SMILES string of the molecule is C1=CSSC1.C=CC1CCCCC1(C=C)C=C.CC1CS1. The van der Waals surface area contributed by atoms with Crippen molar-refractivity contribution in [1.82, 2.24) is 0 Å². The van der Waals surface area contributed by atoms with Crippen molar-refractivity contribution in [3.63, 3.8) is 0 Å². The predicted octanol–water partition coefficient (Wildman–Crippen LogP) is 6.74. The van der Waals surface area contributed by atoms with Gasteiger partial charge >= 0.3 is 0 Å². The van der Waals surface area contributed by atoms with Gasteiger partial charge in [-0.2, -0.15) is 11.8 Å². The van der Waals surface area contributed by atoms with Crippen LogP contribution in [-0.4, -0.2) is 16.8 Å².